The van der Waals surface area contributed by atoms with Gasteiger partial charge in [0, 0.05) is 12.6 Å². The van der Waals surface area contributed by atoms with Crippen LogP contribution in [0.1, 0.15) is 20.3 Å². The highest BCUT2D eigenvalue weighted by Crippen LogP contribution is 2.16. The number of nitrogens with two attached hydrogens (primary N) is 1. The Morgan fingerprint density at radius 1 is 1.38 bits per heavy atom. The third-order valence-electron chi connectivity index (χ3n) is 1.49. The predicted octanol–water partition coefficient (Wildman–Crippen LogP) is 1.61. The number of alkyl halides is 3. The zero-order valence-electron chi connectivity index (χ0n) is 8.06. The summed E-state index contributed by atoms with van der Waals surface area (Å²) in [5, 5.41) is 0. The first kappa shape index (κ1) is 12.7. The standard InChI is InChI=1S/C8H17F3N2/c1-3-4-13(5-7(2)12)6-8(9,10)11/h7H,3-6,12H2,1-2H3/t7-/m1/s1. The Morgan fingerprint density at radius 2 is 1.92 bits per heavy atom. The average Bonchev–Trinajstić information content (AvgIpc) is 1.81. The maximum atomic E-state index is 12.0. The van der Waals surface area contributed by atoms with Crippen LogP contribution in [0.4, 0.5) is 13.2 Å². The van der Waals surface area contributed by atoms with Gasteiger partial charge in [-0.25, -0.2) is 0 Å². The number of hydrogen-bond donors (Lipinski definition) is 1. The van der Waals surface area contributed by atoms with E-state index < -0.39 is 12.7 Å². The summed E-state index contributed by atoms with van der Waals surface area (Å²) >= 11 is 0. The predicted molar refractivity (Wildman–Crippen MR) is 46.4 cm³/mol. The monoisotopic (exact) mass is 198 g/mol. The molecule has 0 aromatic rings. The van der Waals surface area contributed by atoms with E-state index in [1.165, 1.54) is 4.90 Å². The van der Waals surface area contributed by atoms with Crippen LogP contribution in [0.5, 0.6) is 0 Å². The van der Waals surface area contributed by atoms with Gasteiger partial charge in [-0.05, 0) is 19.9 Å². The molecule has 0 aliphatic carbocycles. The van der Waals surface area contributed by atoms with Crippen LogP contribution in [0, 0.1) is 0 Å². The van der Waals surface area contributed by atoms with Crippen molar-refractivity contribution in [2.45, 2.75) is 32.5 Å². The summed E-state index contributed by atoms with van der Waals surface area (Å²) in [6, 6.07) is -0.214. The highest BCUT2D eigenvalue weighted by molar-refractivity contribution is 4.67. The maximum Gasteiger partial charge on any atom is 0.401 e. The molecule has 0 rings (SSSR count). The first-order chi connectivity index (χ1) is 5.85. The summed E-state index contributed by atoms with van der Waals surface area (Å²) in [6.45, 7) is 3.44. The van der Waals surface area contributed by atoms with E-state index in [2.05, 4.69) is 0 Å². The van der Waals surface area contributed by atoms with Gasteiger partial charge in [-0.3, -0.25) is 4.90 Å². The summed E-state index contributed by atoms with van der Waals surface area (Å²) in [5.74, 6) is 0. The summed E-state index contributed by atoms with van der Waals surface area (Å²) in [4.78, 5) is 1.34. The van der Waals surface area contributed by atoms with Crippen molar-refractivity contribution in [3.8, 4) is 0 Å². The Balaban J connectivity index is 3.94. The van der Waals surface area contributed by atoms with Gasteiger partial charge in [-0.15, -0.1) is 0 Å². The van der Waals surface area contributed by atoms with Gasteiger partial charge in [-0.2, -0.15) is 13.2 Å². The number of rotatable bonds is 5. The minimum atomic E-state index is -4.12. The normalized spacial score (nSPS) is 15.0. The molecule has 0 unspecified atom stereocenters. The van der Waals surface area contributed by atoms with Crippen LogP contribution in [0.2, 0.25) is 0 Å². The van der Waals surface area contributed by atoms with E-state index in [0.29, 0.717) is 19.5 Å². The van der Waals surface area contributed by atoms with Gasteiger partial charge in [0.05, 0.1) is 6.54 Å². The average molecular weight is 198 g/mol. The van der Waals surface area contributed by atoms with Crippen molar-refractivity contribution in [3.63, 3.8) is 0 Å². The molecule has 0 aliphatic heterocycles. The Hall–Kier alpha value is -0.290. The zero-order valence-corrected chi connectivity index (χ0v) is 8.06. The van der Waals surface area contributed by atoms with Gasteiger partial charge < -0.3 is 5.73 Å². The van der Waals surface area contributed by atoms with E-state index in [1.54, 1.807) is 6.92 Å². The van der Waals surface area contributed by atoms with Crippen LogP contribution >= 0.6 is 0 Å². The maximum absolute atomic E-state index is 12.0. The lowest BCUT2D eigenvalue weighted by Crippen LogP contribution is -2.41. The van der Waals surface area contributed by atoms with E-state index in [-0.39, 0.29) is 6.04 Å². The molecule has 0 spiro atoms. The molecule has 0 amide bonds. The van der Waals surface area contributed by atoms with Crippen molar-refractivity contribution in [1.29, 1.82) is 0 Å². The van der Waals surface area contributed by atoms with Crippen LogP contribution in [0.15, 0.2) is 0 Å². The van der Waals surface area contributed by atoms with Crippen LogP contribution < -0.4 is 5.73 Å². The molecule has 80 valence electrons. The molecule has 0 radical (unpaired) electrons. The lowest BCUT2D eigenvalue weighted by atomic mass is 10.3. The molecule has 2 nitrogen and oxygen atoms in total. The molecule has 2 N–H and O–H groups in total. The Morgan fingerprint density at radius 3 is 2.23 bits per heavy atom. The highest BCUT2D eigenvalue weighted by atomic mass is 19.4. The van der Waals surface area contributed by atoms with Crippen molar-refractivity contribution in [2.75, 3.05) is 19.6 Å². The van der Waals surface area contributed by atoms with Crippen molar-refractivity contribution in [3.05, 3.63) is 0 Å². The van der Waals surface area contributed by atoms with E-state index >= 15 is 0 Å². The molecular formula is C8H17F3N2. The lowest BCUT2D eigenvalue weighted by Gasteiger charge is -2.24. The fourth-order valence-corrected chi connectivity index (χ4v) is 1.21. The van der Waals surface area contributed by atoms with Crippen molar-refractivity contribution in [1.82, 2.24) is 4.90 Å². The van der Waals surface area contributed by atoms with E-state index in [4.69, 9.17) is 5.73 Å². The molecule has 0 saturated carbocycles. The smallest absolute Gasteiger partial charge is 0.327 e. The quantitative estimate of drug-likeness (QED) is 0.727. The minimum absolute atomic E-state index is 0.214. The highest BCUT2D eigenvalue weighted by Gasteiger charge is 2.30. The second-order valence-corrected chi connectivity index (χ2v) is 3.33. The van der Waals surface area contributed by atoms with Gasteiger partial charge in [-0.1, -0.05) is 6.92 Å². The summed E-state index contributed by atoms with van der Waals surface area (Å²) in [7, 11) is 0. The van der Waals surface area contributed by atoms with Crippen molar-refractivity contribution >= 4 is 0 Å². The first-order valence-corrected chi connectivity index (χ1v) is 4.40. The molecule has 0 aromatic heterocycles. The van der Waals surface area contributed by atoms with E-state index in [0.717, 1.165) is 0 Å². The van der Waals surface area contributed by atoms with E-state index in [1.807, 2.05) is 6.92 Å². The SMILES string of the molecule is CCCN(C[C@@H](C)N)CC(F)(F)F. The van der Waals surface area contributed by atoms with Crippen LogP contribution in [-0.2, 0) is 0 Å². The molecule has 5 heteroatoms. The van der Waals surface area contributed by atoms with Gasteiger partial charge in [0.15, 0.2) is 0 Å². The fraction of sp³-hybridized carbons (Fsp3) is 1.00. The molecule has 0 fully saturated rings. The minimum Gasteiger partial charge on any atom is -0.327 e. The second kappa shape index (κ2) is 5.44. The van der Waals surface area contributed by atoms with E-state index in [9.17, 15) is 13.2 Å². The second-order valence-electron chi connectivity index (χ2n) is 3.33. The topological polar surface area (TPSA) is 29.3 Å². The van der Waals surface area contributed by atoms with Crippen LogP contribution in [0.3, 0.4) is 0 Å². The molecule has 0 saturated heterocycles. The third-order valence-corrected chi connectivity index (χ3v) is 1.49. The fourth-order valence-electron chi connectivity index (χ4n) is 1.21. The zero-order chi connectivity index (χ0) is 10.5. The van der Waals surface area contributed by atoms with Gasteiger partial charge in [0.25, 0.3) is 0 Å². The molecule has 1 atom stereocenters. The number of nitrogens with zero attached hydrogens (tertiary/aromatic N) is 1. The molecule has 0 aromatic carbocycles. The summed E-state index contributed by atoms with van der Waals surface area (Å²) < 4.78 is 36.0. The molecule has 0 aliphatic rings. The van der Waals surface area contributed by atoms with Crippen molar-refractivity contribution < 1.29 is 13.2 Å². The first-order valence-electron chi connectivity index (χ1n) is 4.40. The Bertz CT molecular complexity index is 134. The summed E-state index contributed by atoms with van der Waals surface area (Å²) in [5.41, 5.74) is 5.43. The third kappa shape index (κ3) is 8.05. The number of halogens is 3. The molecule has 0 bridgehead atoms. The largest absolute Gasteiger partial charge is 0.401 e. The lowest BCUT2D eigenvalue weighted by molar-refractivity contribution is -0.146. The summed E-state index contributed by atoms with van der Waals surface area (Å²) in [6.07, 6.45) is -3.41. The Labute approximate surface area is 76.9 Å². The van der Waals surface area contributed by atoms with Gasteiger partial charge in [0.2, 0.25) is 0 Å². The van der Waals surface area contributed by atoms with Crippen LogP contribution in [0.25, 0.3) is 0 Å². The van der Waals surface area contributed by atoms with Crippen molar-refractivity contribution in [2.24, 2.45) is 5.73 Å². The van der Waals surface area contributed by atoms with Crippen LogP contribution in [-0.4, -0.2) is 36.8 Å². The molecule has 13 heavy (non-hydrogen) atoms. The molecule has 0 heterocycles. The molecular weight excluding hydrogens is 181 g/mol. The number of hydrogen-bond acceptors (Lipinski definition) is 2. The van der Waals surface area contributed by atoms with Gasteiger partial charge in [0.1, 0.15) is 0 Å². The Kier molecular flexibility index (Phi) is 5.32. The van der Waals surface area contributed by atoms with Gasteiger partial charge >= 0.3 is 6.18 Å².